The molecule has 1 unspecified atom stereocenters. The number of anilines is 2. The molecule has 0 bridgehead atoms. The molecule has 0 fully saturated rings. The van der Waals surface area contributed by atoms with Crippen LogP contribution in [0.3, 0.4) is 0 Å². The number of carboxylic acid groups (broad SMARTS) is 1. The van der Waals surface area contributed by atoms with Crippen LogP contribution >= 0.6 is 0 Å². The molecule has 0 saturated carbocycles. The van der Waals surface area contributed by atoms with E-state index in [2.05, 4.69) is 43.0 Å². The van der Waals surface area contributed by atoms with Crippen LogP contribution in [0.5, 0.6) is 0 Å². The fourth-order valence-electron chi connectivity index (χ4n) is 4.76. The predicted molar refractivity (Wildman–Crippen MR) is 179 cm³/mol. The maximum absolute atomic E-state index is 13.1. The van der Waals surface area contributed by atoms with Gasteiger partial charge in [-0.15, -0.1) is 0 Å². The number of aliphatic hydroxyl groups excluding tert-OH is 1. The summed E-state index contributed by atoms with van der Waals surface area (Å²) in [6.07, 6.45) is 4.86. The van der Waals surface area contributed by atoms with E-state index in [9.17, 15) is 14.4 Å². The smallest absolute Gasteiger partial charge is 0.328 e. The van der Waals surface area contributed by atoms with Crippen LogP contribution in [0.4, 0.5) is 11.4 Å². The number of hydrogen-bond donors (Lipinski definition) is 6. The predicted octanol–water partition coefficient (Wildman–Crippen LogP) is 3.47. The lowest BCUT2D eigenvalue weighted by atomic mass is 9.94. The van der Waals surface area contributed by atoms with E-state index in [1.165, 1.54) is 6.20 Å². The number of pyridine rings is 1. The van der Waals surface area contributed by atoms with Gasteiger partial charge in [-0.2, -0.15) is 0 Å². The minimum Gasteiger partial charge on any atom is -0.480 e. The lowest BCUT2D eigenvalue weighted by Gasteiger charge is -2.17. The molecule has 3 aromatic rings. The first kappa shape index (κ1) is 33.4. The second-order valence-electron chi connectivity index (χ2n) is 10.6. The zero-order valence-corrected chi connectivity index (χ0v) is 25.9. The molecule has 6 N–H and O–H groups in total. The Kier molecular flexibility index (Phi) is 11.3. The maximum atomic E-state index is 13.1. The number of aliphatic hydroxyl groups is 1. The summed E-state index contributed by atoms with van der Waals surface area (Å²) in [6, 6.07) is 13.6. The summed E-state index contributed by atoms with van der Waals surface area (Å²) in [5, 5.41) is 29.9. The van der Waals surface area contributed by atoms with Gasteiger partial charge in [-0.05, 0) is 80.1 Å². The van der Waals surface area contributed by atoms with Crippen molar-refractivity contribution in [2.75, 3.05) is 36.9 Å². The third kappa shape index (κ3) is 8.17. The molecule has 1 aliphatic heterocycles. The molecule has 2 amide bonds. The Morgan fingerprint density at radius 2 is 1.70 bits per heavy atom. The Balaban J connectivity index is 1.48. The topological polar surface area (TPSA) is 177 Å². The fraction of sp³-hybridized carbons (Fsp3) is 0.235. The van der Waals surface area contributed by atoms with Gasteiger partial charge in [-0.3, -0.25) is 24.6 Å². The average molecular weight is 624 g/mol. The molecule has 0 radical (unpaired) electrons. The zero-order valence-electron chi connectivity index (χ0n) is 25.9. The number of amidine groups is 1. The van der Waals surface area contributed by atoms with E-state index in [4.69, 9.17) is 10.2 Å². The average Bonchev–Trinajstić information content (AvgIpc) is 3.55. The number of rotatable bonds is 13. The van der Waals surface area contributed by atoms with Crippen LogP contribution in [0, 0.1) is 13.8 Å². The van der Waals surface area contributed by atoms with Gasteiger partial charge in [0, 0.05) is 36.2 Å². The summed E-state index contributed by atoms with van der Waals surface area (Å²) in [6.45, 7) is 10.5. The molecule has 1 aliphatic rings. The Bertz CT molecular complexity index is 1730. The molecule has 0 aliphatic carbocycles. The first-order chi connectivity index (χ1) is 22.1. The van der Waals surface area contributed by atoms with Gasteiger partial charge in [0.2, 0.25) is 0 Å². The highest BCUT2D eigenvalue weighted by Crippen LogP contribution is 2.34. The summed E-state index contributed by atoms with van der Waals surface area (Å²) in [4.78, 5) is 49.7. The number of nitrogens with zero attached hydrogens (tertiary/aromatic N) is 3. The number of aromatic nitrogens is 1. The number of benzene rings is 2. The first-order valence-electron chi connectivity index (χ1n) is 14.6. The van der Waals surface area contributed by atoms with Crippen LogP contribution < -0.4 is 21.3 Å². The van der Waals surface area contributed by atoms with Gasteiger partial charge < -0.3 is 31.5 Å². The number of carboxylic acids is 1. The monoisotopic (exact) mass is 623 g/mol. The number of allylic oxidation sites excluding steroid dienone is 2. The highest BCUT2D eigenvalue weighted by molar-refractivity contribution is 6.06. The van der Waals surface area contributed by atoms with E-state index < -0.39 is 23.8 Å². The summed E-state index contributed by atoms with van der Waals surface area (Å²) >= 11 is 0. The van der Waals surface area contributed by atoms with Crippen molar-refractivity contribution in [2.45, 2.75) is 26.8 Å². The van der Waals surface area contributed by atoms with Gasteiger partial charge in [0.15, 0.2) is 0 Å². The number of aliphatic carboxylic acids is 1. The molecular weight excluding hydrogens is 586 g/mol. The van der Waals surface area contributed by atoms with Gasteiger partial charge >= 0.3 is 5.97 Å². The normalized spacial score (nSPS) is 14.7. The van der Waals surface area contributed by atoms with Crippen molar-refractivity contribution >= 4 is 41.7 Å². The zero-order chi connectivity index (χ0) is 33.2. The minimum absolute atomic E-state index is 0.0449. The van der Waals surface area contributed by atoms with Gasteiger partial charge in [0.05, 0.1) is 13.2 Å². The van der Waals surface area contributed by atoms with E-state index in [1.807, 2.05) is 51.1 Å². The lowest BCUT2D eigenvalue weighted by molar-refractivity contribution is -0.138. The van der Waals surface area contributed by atoms with Crippen LogP contribution in [0.1, 0.15) is 34.1 Å². The largest absolute Gasteiger partial charge is 0.480 e. The second kappa shape index (κ2) is 15.5. The minimum atomic E-state index is -0.984. The number of amides is 2. The Morgan fingerprint density at radius 3 is 2.26 bits per heavy atom. The second-order valence-corrected chi connectivity index (χ2v) is 10.6. The highest BCUT2D eigenvalue weighted by atomic mass is 16.4. The van der Waals surface area contributed by atoms with Crippen LogP contribution in [0.25, 0.3) is 11.1 Å². The number of carbonyl (C=O) groups excluding carboxylic acids is 2. The number of hydrogen-bond acceptors (Lipinski definition) is 9. The molecule has 0 saturated heterocycles. The van der Waals surface area contributed by atoms with Gasteiger partial charge in [-0.1, -0.05) is 35.9 Å². The molecule has 2 aromatic carbocycles. The van der Waals surface area contributed by atoms with E-state index in [1.54, 1.807) is 30.4 Å². The molecular formula is C34H37N7O5. The molecule has 12 heteroatoms. The van der Waals surface area contributed by atoms with E-state index in [-0.39, 0.29) is 24.5 Å². The van der Waals surface area contributed by atoms with Gasteiger partial charge in [-0.25, -0.2) is 4.79 Å². The van der Waals surface area contributed by atoms with Crippen molar-refractivity contribution in [3.8, 4) is 11.1 Å². The summed E-state index contributed by atoms with van der Waals surface area (Å²) in [5.74, 6) is -1.37. The number of carbonyl (C=O) groups is 3. The van der Waals surface area contributed by atoms with Crippen LogP contribution in [0.2, 0.25) is 0 Å². The standard InChI is InChI=1S/C34H37N7O5/c1-20(17-36-15-16-42)11-13-28(35-4)32(43)40-26-9-5-7-24(21(26)2)25-8-6-10-27(22(25)3)41-33(44)29-14-12-23(18-37-29)31-38-19-30(39-31)34(45)46/h5-14,18,30,36,42H,4,15-17,19H2,1-3H3,(H,38,39)(H,40,43)(H,41,44)(H,45,46)/b20-11+,28-13-. The number of aliphatic imine (C=N–C) groups is 2. The van der Waals surface area contributed by atoms with Crippen molar-refractivity contribution in [3.63, 3.8) is 0 Å². The van der Waals surface area contributed by atoms with E-state index >= 15 is 0 Å². The first-order valence-corrected chi connectivity index (χ1v) is 14.6. The summed E-state index contributed by atoms with van der Waals surface area (Å²) in [5.41, 5.74) is 6.51. The van der Waals surface area contributed by atoms with Crippen LogP contribution in [0.15, 0.2) is 88.1 Å². The Labute approximate surface area is 267 Å². The third-order valence-electron chi connectivity index (χ3n) is 7.39. The van der Waals surface area contributed by atoms with Crippen molar-refractivity contribution in [1.82, 2.24) is 15.6 Å². The Hall–Kier alpha value is -5.46. The lowest BCUT2D eigenvalue weighted by Crippen LogP contribution is -2.37. The quantitative estimate of drug-likeness (QED) is 0.0726. The van der Waals surface area contributed by atoms with Crippen molar-refractivity contribution < 1.29 is 24.6 Å². The highest BCUT2D eigenvalue weighted by Gasteiger charge is 2.25. The molecule has 1 atom stereocenters. The molecule has 2 heterocycles. The van der Waals surface area contributed by atoms with E-state index in [0.29, 0.717) is 35.9 Å². The molecule has 0 spiro atoms. The molecule has 46 heavy (non-hydrogen) atoms. The van der Waals surface area contributed by atoms with Gasteiger partial charge in [0.1, 0.15) is 23.3 Å². The maximum Gasteiger partial charge on any atom is 0.328 e. The number of nitrogens with one attached hydrogen (secondary N) is 4. The Morgan fingerprint density at radius 1 is 1.02 bits per heavy atom. The fourth-order valence-corrected chi connectivity index (χ4v) is 4.76. The van der Waals surface area contributed by atoms with Crippen LogP contribution in [-0.2, 0) is 9.59 Å². The van der Waals surface area contributed by atoms with Crippen molar-refractivity contribution in [3.05, 3.63) is 101 Å². The molecule has 4 rings (SSSR count). The molecule has 1 aromatic heterocycles. The summed E-state index contributed by atoms with van der Waals surface area (Å²) < 4.78 is 0. The molecule has 12 nitrogen and oxygen atoms in total. The SMILES string of the molecule is C=N/C(=C\C=C(/C)CNCCO)C(=O)Nc1cccc(-c2cccc(NC(=O)c3ccc(C4=NCC(C(=O)O)N4)cn3)c2C)c1C. The van der Waals surface area contributed by atoms with Gasteiger partial charge in [0.25, 0.3) is 11.8 Å². The van der Waals surface area contributed by atoms with Crippen molar-refractivity contribution in [2.24, 2.45) is 9.98 Å². The summed E-state index contributed by atoms with van der Waals surface area (Å²) in [7, 11) is 0. The van der Waals surface area contributed by atoms with Crippen molar-refractivity contribution in [1.29, 1.82) is 0 Å². The van der Waals surface area contributed by atoms with E-state index in [0.717, 1.165) is 27.8 Å². The molecule has 238 valence electrons. The van der Waals surface area contributed by atoms with Crippen LogP contribution in [-0.4, -0.2) is 77.8 Å². The third-order valence-corrected chi connectivity index (χ3v) is 7.39.